The molecule has 0 saturated carbocycles. The lowest BCUT2D eigenvalue weighted by molar-refractivity contribution is 0.163. The van der Waals surface area contributed by atoms with Crippen LogP contribution >= 0.6 is 0 Å². The highest BCUT2D eigenvalue weighted by Gasteiger charge is 2.09. The fourth-order valence-corrected chi connectivity index (χ4v) is 1.97. The molecule has 1 aromatic carbocycles. The Hall–Kier alpha value is -1.81. The number of aliphatic hydroxyl groups is 1. The molecule has 1 aromatic heterocycles. The van der Waals surface area contributed by atoms with E-state index in [1.165, 1.54) is 13.2 Å². The standard InChI is InChI=1S/C15H17FO3/c1-18-15-7-4-11(10-14(15)16)9-12(17)5-6-13-3-2-8-19-13/h2-4,7-8,10,12,17H,5-6,9H2,1H3. The summed E-state index contributed by atoms with van der Waals surface area (Å²) in [5.41, 5.74) is 0.755. The van der Waals surface area contributed by atoms with Crippen molar-refractivity contribution in [3.63, 3.8) is 0 Å². The maximum absolute atomic E-state index is 13.5. The first kappa shape index (κ1) is 13.6. The second kappa shape index (κ2) is 6.38. The fourth-order valence-electron chi connectivity index (χ4n) is 1.97. The molecule has 0 amide bonds. The second-order valence-corrected chi connectivity index (χ2v) is 4.44. The number of methoxy groups -OCH3 is 1. The van der Waals surface area contributed by atoms with Gasteiger partial charge in [0.05, 0.1) is 19.5 Å². The Morgan fingerprint density at radius 2 is 2.21 bits per heavy atom. The van der Waals surface area contributed by atoms with Crippen molar-refractivity contribution in [3.8, 4) is 5.75 Å². The van der Waals surface area contributed by atoms with Gasteiger partial charge in [-0.3, -0.25) is 0 Å². The molecule has 0 aliphatic carbocycles. The van der Waals surface area contributed by atoms with Gasteiger partial charge in [0.25, 0.3) is 0 Å². The number of halogens is 1. The van der Waals surface area contributed by atoms with Gasteiger partial charge in [-0.25, -0.2) is 4.39 Å². The van der Waals surface area contributed by atoms with Gasteiger partial charge in [0, 0.05) is 6.42 Å². The molecule has 2 rings (SSSR count). The van der Waals surface area contributed by atoms with E-state index in [4.69, 9.17) is 9.15 Å². The van der Waals surface area contributed by atoms with Gasteiger partial charge in [-0.2, -0.15) is 0 Å². The molecule has 0 radical (unpaired) electrons. The second-order valence-electron chi connectivity index (χ2n) is 4.44. The van der Waals surface area contributed by atoms with E-state index in [1.54, 1.807) is 18.4 Å². The molecule has 0 fully saturated rings. The summed E-state index contributed by atoms with van der Waals surface area (Å²) in [5.74, 6) is 0.659. The van der Waals surface area contributed by atoms with Gasteiger partial charge in [0.2, 0.25) is 0 Å². The third-order valence-corrected chi connectivity index (χ3v) is 2.99. The molecule has 4 heteroatoms. The van der Waals surface area contributed by atoms with E-state index in [-0.39, 0.29) is 5.75 Å². The van der Waals surface area contributed by atoms with Crippen LogP contribution in [-0.2, 0) is 12.8 Å². The molecular formula is C15H17FO3. The highest BCUT2D eigenvalue weighted by Crippen LogP contribution is 2.19. The third kappa shape index (κ3) is 3.83. The minimum Gasteiger partial charge on any atom is -0.494 e. The van der Waals surface area contributed by atoms with Crippen LogP contribution in [0, 0.1) is 5.82 Å². The maximum atomic E-state index is 13.5. The maximum Gasteiger partial charge on any atom is 0.165 e. The topological polar surface area (TPSA) is 42.6 Å². The van der Waals surface area contributed by atoms with Crippen molar-refractivity contribution < 1.29 is 18.7 Å². The van der Waals surface area contributed by atoms with Crippen molar-refractivity contribution >= 4 is 0 Å². The molecule has 3 nitrogen and oxygen atoms in total. The van der Waals surface area contributed by atoms with Crippen LogP contribution in [0.1, 0.15) is 17.7 Å². The zero-order valence-electron chi connectivity index (χ0n) is 10.8. The van der Waals surface area contributed by atoms with Crippen LogP contribution < -0.4 is 4.74 Å². The van der Waals surface area contributed by atoms with Crippen LogP contribution in [0.25, 0.3) is 0 Å². The number of hydrogen-bond acceptors (Lipinski definition) is 3. The first-order valence-electron chi connectivity index (χ1n) is 6.22. The minimum atomic E-state index is -0.516. The van der Waals surface area contributed by atoms with Crippen molar-refractivity contribution in [2.24, 2.45) is 0 Å². The zero-order valence-corrected chi connectivity index (χ0v) is 10.8. The number of aryl methyl sites for hydroxylation is 1. The molecular weight excluding hydrogens is 247 g/mol. The van der Waals surface area contributed by atoms with E-state index in [2.05, 4.69) is 0 Å². The number of ether oxygens (including phenoxy) is 1. The number of furan rings is 1. The van der Waals surface area contributed by atoms with Gasteiger partial charge in [-0.1, -0.05) is 6.07 Å². The predicted octanol–water partition coefficient (Wildman–Crippen LogP) is 2.96. The van der Waals surface area contributed by atoms with Gasteiger partial charge in [0.1, 0.15) is 5.76 Å². The Bertz CT molecular complexity index is 508. The van der Waals surface area contributed by atoms with Gasteiger partial charge in [0.15, 0.2) is 11.6 Å². The van der Waals surface area contributed by atoms with Crippen molar-refractivity contribution in [2.45, 2.75) is 25.4 Å². The lowest BCUT2D eigenvalue weighted by atomic mass is 10.0. The zero-order chi connectivity index (χ0) is 13.7. The van der Waals surface area contributed by atoms with E-state index < -0.39 is 11.9 Å². The van der Waals surface area contributed by atoms with E-state index in [0.29, 0.717) is 19.3 Å². The van der Waals surface area contributed by atoms with Gasteiger partial charge in [-0.05, 0) is 42.7 Å². The van der Waals surface area contributed by atoms with Gasteiger partial charge < -0.3 is 14.3 Å². The highest BCUT2D eigenvalue weighted by molar-refractivity contribution is 5.29. The number of hydrogen-bond donors (Lipinski definition) is 1. The summed E-state index contributed by atoms with van der Waals surface area (Å²) in [7, 11) is 1.43. The Morgan fingerprint density at radius 3 is 2.84 bits per heavy atom. The molecule has 1 N–H and O–H groups in total. The molecule has 1 heterocycles. The quantitative estimate of drug-likeness (QED) is 0.872. The van der Waals surface area contributed by atoms with Crippen molar-refractivity contribution in [1.82, 2.24) is 0 Å². The Kier molecular flexibility index (Phi) is 4.58. The average Bonchev–Trinajstić information content (AvgIpc) is 2.90. The normalized spacial score (nSPS) is 12.4. The van der Waals surface area contributed by atoms with Crippen LogP contribution in [0.4, 0.5) is 4.39 Å². The Labute approximate surface area is 111 Å². The summed E-state index contributed by atoms with van der Waals surface area (Å²) in [4.78, 5) is 0. The van der Waals surface area contributed by atoms with E-state index in [0.717, 1.165) is 11.3 Å². The molecule has 0 saturated heterocycles. The lowest BCUT2D eigenvalue weighted by Crippen LogP contribution is -2.11. The molecule has 0 bridgehead atoms. The van der Waals surface area contributed by atoms with Crippen molar-refractivity contribution in [2.75, 3.05) is 7.11 Å². The fraction of sp³-hybridized carbons (Fsp3) is 0.333. The van der Waals surface area contributed by atoms with Gasteiger partial charge >= 0.3 is 0 Å². The van der Waals surface area contributed by atoms with Crippen LogP contribution in [0.5, 0.6) is 5.75 Å². The molecule has 2 aromatic rings. The minimum absolute atomic E-state index is 0.217. The van der Waals surface area contributed by atoms with Crippen molar-refractivity contribution in [1.29, 1.82) is 0 Å². The molecule has 1 unspecified atom stereocenters. The number of rotatable bonds is 6. The van der Waals surface area contributed by atoms with E-state index >= 15 is 0 Å². The monoisotopic (exact) mass is 264 g/mol. The average molecular weight is 264 g/mol. The summed E-state index contributed by atoms with van der Waals surface area (Å²) >= 11 is 0. The Balaban J connectivity index is 1.88. The summed E-state index contributed by atoms with van der Waals surface area (Å²) in [6, 6.07) is 8.43. The summed E-state index contributed by atoms with van der Waals surface area (Å²) in [6.07, 6.45) is 2.77. The van der Waals surface area contributed by atoms with Crippen LogP contribution in [0.2, 0.25) is 0 Å². The predicted molar refractivity (Wildman–Crippen MR) is 69.7 cm³/mol. The lowest BCUT2D eigenvalue weighted by Gasteiger charge is -2.10. The van der Waals surface area contributed by atoms with E-state index in [9.17, 15) is 9.50 Å². The first-order valence-corrected chi connectivity index (χ1v) is 6.22. The summed E-state index contributed by atoms with van der Waals surface area (Å²) in [5, 5.41) is 9.92. The molecule has 0 spiro atoms. The molecule has 0 aliphatic rings. The molecule has 102 valence electrons. The summed E-state index contributed by atoms with van der Waals surface area (Å²) in [6.45, 7) is 0. The largest absolute Gasteiger partial charge is 0.494 e. The van der Waals surface area contributed by atoms with Crippen molar-refractivity contribution in [3.05, 3.63) is 53.7 Å². The number of benzene rings is 1. The SMILES string of the molecule is COc1ccc(CC(O)CCc2ccco2)cc1F. The first-order chi connectivity index (χ1) is 9.19. The highest BCUT2D eigenvalue weighted by atomic mass is 19.1. The Morgan fingerprint density at radius 1 is 1.37 bits per heavy atom. The van der Waals surface area contributed by atoms with E-state index in [1.807, 2.05) is 12.1 Å². The molecule has 0 aliphatic heterocycles. The van der Waals surface area contributed by atoms with Gasteiger partial charge in [-0.15, -0.1) is 0 Å². The molecule has 19 heavy (non-hydrogen) atoms. The number of aliphatic hydroxyl groups excluding tert-OH is 1. The van der Waals surface area contributed by atoms with Crippen LogP contribution in [0.15, 0.2) is 41.0 Å². The summed E-state index contributed by atoms with van der Waals surface area (Å²) < 4.78 is 23.5. The van der Waals surface area contributed by atoms with Crippen LogP contribution in [-0.4, -0.2) is 18.3 Å². The third-order valence-electron chi connectivity index (χ3n) is 2.99. The molecule has 1 atom stereocenters. The van der Waals surface area contributed by atoms with Crippen LogP contribution in [0.3, 0.4) is 0 Å². The smallest absolute Gasteiger partial charge is 0.165 e.